The number of nitrogen functional groups attached to an aromatic ring is 1. The lowest BCUT2D eigenvalue weighted by Crippen LogP contribution is -2.10. The summed E-state index contributed by atoms with van der Waals surface area (Å²) >= 11 is 3.05. The third kappa shape index (κ3) is 4.67. The Morgan fingerprint density at radius 1 is 1.19 bits per heavy atom. The van der Waals surface area contributed by atoms with Crippen molar-refractivity contribution in [2.24, 2.45) is 5.92 Å². The van der Waals surface area contributed by atoms with Crippen molar-refractivity contribution in [1.29, 1.82) is 0 Å². The number of aromatic nitrogens is 5. The van der Waals surface area contributed by atoms with Crippen LogP contribution < -0.4 is 11.3 Å². The van der Waals surface area contributed by atoms with Crippen LogP contribution >= 0.6 is 23.5 Å². The number of para-hydroxylation sites is 1. The van der Waals surface area contributed by atoms with Crippen LogP contribution in [0.3, 0.4) is 0 Å². The first-order valence-corrected chi connectivity index (χ1v) is 10.1. The molecule has 0 unspecified atom stereocenters. The van der Waals surface area contributed by atoms with Gasteiger partial charge in [0.1, 0.15) is 11.6 Å². The van der Waals surface area contributed by atoms with E-state index < -0.39 is 0 Å². The average molecular weight is 389 g/mol. The second-order valence-electron chi connectivity index (χ2n) is 6.04. The van der Waals surface area contributed by atoms with E-state index >= 15 is 0 Å². The van der Waals surface area contributed by atoms with Gasteiger partial charge in [0.2, 0.25) is 0 Å². The van der Waals surface area contributed by atoms with Gasteiger partial charge in [0.15, 0.2) is 10.3 Å². The molecule has 7 nitrogen and oxygen atoms in total. The van der Waals surface area contributed by atoms with E-state index in [1.54, 1.807) is 11.8 Å². The summed E-state index contributed by atoms with van der Waals surface area (Å²) < 4.78 is 2.05. The van der Waals surface area contributed by atoms with Gasteiger partial charge in [-0.25, -0.2) is 4.98 Å². The van der Waals surface area contributed by atoms with Gasteiger partial charge in [-0.2, -0.15) is 0 Å². The zero-order chi connectivity index (χ0) is 18.5. The molecule has 3 rings (SSSR count). The maximum absolute atomic E-state index is 11.5. The Labute approximate surface area is 159 Å². The molecule has 26 heavy (non-hydrogen) atoms. The predicted octanol–water partition coefficient (Wildman–Crippen LogP) is 2.97. The van der Waals surface area contributed by atoms with Gasteiger partial charge >= 0.3 is 0 Å². The Hall–Kier alpha value is -2.26. The van der Waals surface area contributed by atoms with Crippen LogP contribution in [0.4, 0.5) is 5.82 Å². The summed E-state index contributed by atoms with van der Waals surface area (Å²) in [5.74, 6) is 3.02. The molecule has 0 aliphatic rings. The van der Waals surface area contributed by atoms with Crippen LogP contribution in [0.15, 0.2) is 51.5 Å². The minimum absolute atomic E-state index is 0.203. The number of H-pyrrole nitrogens is 1. The monoisotopic (exact) mass is 388 g/mol. The maximum atomic E-state index is 11.5. The molecule has 2 heterocycles. The molecule has 1 aromatic carbocycles. The second-order valence-corrected chi connectivity index (χ2v) is 7.99. The summed E-state index contributed by atoms with van der Waals surface area (Å²) in [6.07, 6.45) is 0. The standard InChI is InChI=1S/C17H20N6OS2/c1-11(2)9-26-17-22-21-14(23(17)12-6-4-3-5-7-12)10-25-16-19-13(18)8-15(24)20-16/h3-8,11H,9-10H2,1-2H3,(H3,18,19,20,24). The van der Waals surface area contributed by atoms with Gasteiger partial charge in [0.25, 0.3) is 5.56 Å². The third-order valence-electron chi connectivity index (χ3n) is 3.34. The van der Waals surface area contributed by atoms with E-state index in [-0.39, 0.29) is 11.4 Å². The first kappa shape index (κ1) is 18.5. The van der Waals surface area contributed by atoms with Crippen molar-refractivity contribution >= 4 is 29.3 Å². The van der Waals surface area contributed by atoms with E-state index in [2.05, 4.69) is 34.0 Å². The summed E-state index contributed by atoms with van der Waals surface area (Å²) in [5, 5.41) is 10.0. The fourth-order valence-electron chi connectivity index (χ4n) is 2.22. The van der Waals surface area contributed by atoms with E-state index in [0.717, 1.165) is 22.4 Å². The Morgan fingerprint density at radius 3 is 2.65 bits per heavy atom. The van der Waals surface area contributed by atoms with Gasteiger partial charge in [-0.15, -0.1) is 10.2 Å². The molecule has 3 N–H and O–H groups in total. The molecule has 0 spiro atoms. The summed E-state index contributed by atoms with van der Waals surface area (Å²) in [6, 6.07) is 11.3. The Kier molecular flexibility index (Phi) is 6.00. The Bertz CT molecular complexity index is 923. The van der Waals surface area contributed by atoms with Crippen LogP contribution in [0, 0.1) is 5.92 Å². The highest BCUT2D eigenvalue weighted by molar-refractivity contribution is 7.99. The molecule has 0 aliphatic carbocycles. The van der Waals surface area contributed by atoms with E-state index in [4.69, 9.17) is 5.73 Å². The molecule has 0 amide bonds. The fourth-order valence-corrected chi connectivity index (χ4v) is 3.94. The smallest absolute Gasteiger partial charge is 0.253 e. The number of hydrogen-bond donors (Lipinski definition) is 2. The molecule has 0 saturated heterocycles. The largest absolute Gasteiger partial charge is 0.383 e. The molecular weight excluding hydrogens is 368 g/mol. The van der Waals surface area contributed by atoms with Crippen molar-refractivity contribution in [2.45, 2.75) is 29.9 Å². The van der Waals surface area contributed by atoms with E-state index in [9.17, 15) is 4.79 Å². The van der Waals surface area contributed by atoms with Gasteiger partial charge in [0.05, 0.1) is 5.75 Å². The summed E-state index contributed by atoms with van der Waals surface area (Å²) in [6.45, 7) is 4.35. The van der Waals surface area contributed by atoms with Gasteiger partial charge in [-0.3, -0.25) is 9.36 Å². The summed E-state index contributed by atoms with van der Waals surface area (Å²) in [7, 11) is 0. The number of thioether (sulfide) groups is 2. The van der Waals surface area contributed by atoms with Gasteiger partial charge in [-0.1, -0.05) is 55.6 Å². The molecule has 9 heteroatoms. The number of anilines is 1. The molecule has 136 valence electrons. The number of hydrogen-bond acceptors (Lipinski definition) is 7. The van der Waals surface area contributed by atoms with Crippen molar-refractivity contribution in [2.75, 3.05) is 11.5 Å². The lowest BCUT2D eigenvalue weighted by atomic mass is 10.3. The number of benzene rings is 1. The highest BCUT2D eigenvalue weighted by Crippen LogP contribution is 2.26. The van der Waals surface area contributed by atoms with Crippen LogP contribution in [-0.4, -0.2) is 30.5 Å². The van der Waals surface area contributed by atoms with Gasteiger partial charge in [-0.05, 0) is 18.1 Å². The number of nitrogens with one attached hydrogen (secondary N) is 1. The molecule has 0 fully saturated rings. The quantitative estimate of drug-likeness (QED) is 0.474. The first-order valence-electron chi connectivity index (χ1n) is 8.15. The van der Waals surface area contributed by atoms with E-state index in [1.165, 1.54) is 17.8 Å². The second kappa shape index (κ2) is 8.41. The van der Waals surface area contributed by atoms with Crippen molar-refractivity contribution < 1.29 is 0 Å². The molecule has 0 radical (unpaired) electrons. The summed E-state index contributed by atoms with van der Waals surface area (Å²) in [5.41, 5.74) is 6.38. The lowest BCUT2D eigenvalue weighted by Gasteiger charge is -2.10. The van der Waals surface area contributed by atoms with Crippen molar-refractivity contribution in [1.82, 2.24) is 24.7 Å². The SMILES string of the molecule is CC(C)CSc1nnc(CSc2nc(N)cc(=O)[nH]2)n1-c1ccccc1. The van der Waals surface area contributed by atoms with Crippen molar-refractivity contribution in [3.8, 4) is 5.69 Å². The van der Waals surface area contributed by atoms with Crippen LogP contribution in [0.1, 0.15) is 19.7 Å². The van der Waals surface area contributed by atoms with Crippen LogP contribution in [0.25, 0.3) is 5.69 Å². The average Bonchev–Trinajstić information content (AvgIpc) is 3.01. The zero-order valence-corrected chi connectivity index (χ0v) is 16.2. The number of rotatable bonds is 7. The summed E-state index contributed by atoms with van der Waals surface area (Å²) in [4.78, 5) is 18.4. The van der Waals surface area contributed by atoms with Crippen LogP contribution in [0.2, 0.25) is 0 Å². The maximum Gasteiger partial charge on any atom is 0.253 e. The number of aromatic amines is 1. The first-order chi connectivity index (χ1) is 12.5. The molecule has 0 saturated carbocycles. The van der Waals surface area contributed by atoms with Gasteiger partial charge in [0, 0.05) is 17.5 Å². The fraction of sp³-hybridized carbons (Fsp3) is 0.294. The van der Waals surface area contributed by atoms with Crippen LogP contribution in [-0.2, 0) is 5.75 Å². The number of nitrogens with zero attached hydrogens (tertiary/aromatic N) is 4. The zero-order valence-electron chi connectivity index (χ0n) is 14.5. The molecule has 0 bridgehead atoms. The van der Waals surface area contributed by atoms with E-state index in [1.807, 2.05) is 34.9 Å². The third-order valence-corrected chi connectivity index (χ3v) is 5.56. The topological polar surface area (TPSA) is 102 Å². The molecular formula is C17H20N6OS2. The Morgan fingerprint density at radius 2 is 1.96 bits per heavy atom. The highest BCUT2D eigenvalue weighted by atomic mass is 32.2. The number of nitrogens with two attached hydrogens (primary N) is 1. The molecule has 2 aromatic heterocycles. The lowest BCUT2D eigenvalue weighted by molar-refractivity contribution is 0.745. The molecule has 3 aromatic rings. The van der Waals surface area contributed by atoms with Crippen molar-refractivity contribution in [3.05, 3.63) is 52.6 Å². The molecule has 0 aliphatic heterocycles. The molecule has 0 atom stereocenters. The van der Waals surface area contributed by atoms with Crippen molar-refractivity contribution in [3.63, 3.8) is 0 Å². The minimum atomic E-state index is -0.266. The predicted molar refractivity (Wildman–Crippen MR) is 106 cm³/mol. The normalized spacial score (nSPS) is 11.2. The highest BCUT2D eigenvalue weighted by Gasteiger charge is 2.15. The minimum Gasteiger partial charge on any atom is -0.383 e. The van der Waals surface area contributed by atoms with E-state index in [0.29, 0.717) is 16.8 Å². The van der Waals surface area contributed by atoms with Crippen LogP contribution in [0.5, 0.6) is 0 Å². The Balaban J connectivity index is 1.87. The van der Waals surface area contributed by atoms with Gasteiger partial charge < -0.3 is 10.7 Å².